The molecule has 0 unspecified atom stereocenters. The van der Waals surface area contributed by atoms with Crippen molar-refractivity contribution in [2.75, 3.05) is 0 Å². The molecule has 0 spiro atoms. The topological polar surface area (TPSA) is 58.6 Å². The normalized spacial score (nSPS) is 11.5. The lowest BCUT2D eigenvalue weighted by atomic mass is 10.2. The number of fused-ring (bicyclic) bond motifs is 1. The van der Waals surface area contributed by atoms with Crippen molar-refractivity contribution in [3.8, 4) is 17.2 Å². The summed E-state index contributed by atoms with van der Waals surface area (Å²) in [6.45, 7) is 0. The predicted molar refractivity (Wildman–Crippen MR) is 120 cm³/mol. The Labute approximate surface area is 181 Å². The molecule has 4 nitrogen and oxygen atoms in total. The maximum Gasteiger partial charge on any atom is 0.227 e. The number of aromatic nitrogens is 1. The van der Waals surface area contributed by atoms with Crippen LogP contribution in [0.25, 0.3) is 22.6 Å². The standard InChI is InChI=1S/C20H11FI2N2O2/c21-13-3-1-2-11(6-13)20-25-17-9-15(4-5-18(17)27-20)24-10-12-7-14(22)8-16(23)19(12)26/h1-10,26H/b24-10+. The molecule has 7 heteroatoms. The van der Waals surface area contributed by atoms with Gasteiger partial charge in [-0.1, -0.05) is 6.07 Å². The monoisotopic (exact) mass is 584 g/mol. The van der Waals surface area contributed by atoms with E-state index in [0.29, 0.717) is 33.8 Å². The zero-order valence-electron chi connectivity index (χ0n) is 13.7. The molecule has 0 atom stereocenters. The second-order valence-electron chi connectivity index (χ2n) is 5.77. The molecule has 0 aliphatic heterocycles. The van der Waals surface area contributed by atoms with Gasteiger partial charge in [0.15, 0.2) is 5.58 Å². The summed E-state index contributed by atoms with van der Waals surface area (Å²) in [4.78, 5) is 8.86. The van der Waals surface area contributed by atoms with E-state index < -0.39 is 0 Å². The molecule has 0 aliphatic carbocycles. The second kappa shape index (κ2) is 7.55. The Morgan fingerprint density at radius 2 is 1.93 bits per heavy atom. The fourth-order valence-corrected chi connectivity index (χ4v) is 4.46. The van der Waals surface area contributed by atoms with Gasteiger partial charge in [-0.2, -0.15) is 0 Å². The molecule has 0 amide bonds. The summed E-state index contributed by atoms with van der Waals surface area (Å²) >= 11 is 4.28. The fourth-order valence-electron chi connectivity index (χ4n) is 2.57. The van der Waals surface area contributed by atoms with Crippen LogP contribution in [0.5, 0.6) is 5.75 Å². The number of phenols is 1. The summed E-state index contributed by atoms with van der Waals surface area (Å²) in [5.41, 5.74) is 3.13. The van der Waals surface area contributed by atoms with E-state index in [1.165, 1.54) is 12.1 Å². The van der Waals surface area contributed by atoms with Crippen molar-refractivity contribution in [2.24, 2.45) is 4.99 Å². The van der Waals surface area contributed by atoms with Crippen molar-refractivity contribution in [1.29, 1.82) is 0 Å². The zero-order chi connectivity index (χ0) is 19.0. The molecule has 4 aromatic rings. The highest BCUT2D eigenvalue weighted by molar-refractivity contribution is 14.1. The first kappa shape index (κ1) is 18.4. The van der Waals surface area contributed by atoms with Crippen LogP contribution in [-0.4, -0.2) is 16.3 Å². The van der Waals surface area contributed by atoms with Crippen molar-refractivity contribution < 1.29 is 13.9 Å². The molecule has 0 radical (unpaired) electrons. The third-order valence-electron chi connectivity index (χ3n) is 3.85. The van der Waals surface area contributed by atoms with Gasteiger partial charge in [0.25, 0.3) is 0 Å². The van der Waals surface area contributed by atoms with E-state index in [-0.39, 0.29) is 11.6 Å². The highest BCUT2D eigenvalue weighted by atomic mass is 127. The van der Waals surface area contributed by atoms with Gasteiger partial charge in [-0.25, -0.2) is 9.37 Å². The van der Waals surface area contributed by atoms with Crippen molar-refractivity contribution in [2.45, 2.75) is 0 Å². The van der Waals surface area contributed by atoms with E-state index >= 15 is 0 Å². The molecule has 1 aromatic heterocycles. The Bertz CT molecular complexity index is 1190. The lowest BCUT2D eigenvalue weighted by Crippen LogP contribution is -1.87. The van der Waals surface area contributed by atoms with Crippen LogP contribution in [0.3, 0.4) is 0 Å². The number of rotatable bonds is 3. The van der Waals surface area contributed by atoms with E-state index in [9.17, 15) is 9.50 Å². The van der Waals surface area contributed by atoms with Gasteiger partial charge in [0.1, 0.15) is 17.1 Å². The average molecular weight is 584 g/mol. The van der Waals surface area contributed by atoms with Crippen molar-refractivity contribution in [3.05, 3.63) is 73.1 Å². The Morgan fingerprint density at radius 1 is 1.07 bits per heavy atom. The number of benzene rings is 3. The number of hydrogen-bond acceptors (Lipinski definition) is 4. The van der Waals surface area contributed by atoms with Crippen LogP contribution in [0.1, 0.15) is 5.56 Å². The molecule has 3 aromatic carbocycles. The minimum absolute atomic E-state index is 0.204. The van der Waals surface area contributed by atoms with Crippen molar-refractivity contribution in [3.63, 3.8) is 0 Å². The molecule has 0 saturated heterocycles. The molecule has 134 valence electrons. The highest BCUT2D eigenvalue weighted by Gasteiger charge is 2.10. The van der Waals surface area contributed by atoms with Crippen LogP contribution in [0.2, 0.25) is 0 Å². The van der Waals surface area contributed by atoms with Gasteiger partial charge in [0.2, 0.25) is 5.89 Å². The van der Waals surface area contributed by atoms with Gasteiger partial charge < -0.3 is 9.52 Å². The molecule has 0 aliphatic rings. The van der Waals surface area contributed by atoms with Gasteiger partial charge >= 0.3 is 0 Å². The van der Waals surface area contributed by atoms with Gasteiger partial charge in [0, 0.05) is 20.9 Å². The summed E-state index contributed by atoms with van der Waals surface area (Å²) in [5, 5.41) is 10.2. The molecule has 1 N–H and O–H groups in total. The minimum atomic E-state index is -0.341. The third kappa shape index (κ3) is 3.98. The molecule has 0 saturated carbocycles. The van der Waals surface area contributed by atoms with E-state index in [2.05, 4.69) is 55.2 Å². The third-order valence-corrected chi connectivity index (χ3v) is 5.30. The number of hydrogen-bond donors (Lipinski definition) is 1. The summed E-state index contributed by atoms with van der Waals surface area (Å²) in [6, 6.07) is 15.2. The van der Waals surface area contributed by atoms with Crippen molar-refractivity contribution >= 4 is 68.2 Å². The lowest BCUT2D eigenvalue weighted by Gasteiger charge is -2.02. The van der Waals surface area contributed by atoms with Crippen molar-refractivity contribution in [1.82, 2.24) is 4.98 Å². The summed E-state index contributed by atoms with van der Waals surface area (Å²) < 4.78 is 20.9. The predicted octanol–water partition coefficient (Wildman–Crippen LogP) is 6.30. The van der Waals surface area contributed by atoms with Gasteiger partial charge in [-0.05, 0) is 93.7 Å². The minimum Gasteiger partial charge on any atom is -0.506 e. The SMILES string of the molecule is Oc1c(I)cc(I)cc1/C=N/c1ccc2oc(-c3cccc(F)c3)nc2c1. The van der Waals surface area contributed by atoms with Crippen LogP contribution < -0.4 is 0 Å². The van der Waals surface area contributed by atoms with E-state index in [1.807, 2.05) is 12.1 Å². The van der Waals surface area contributed by atoms with Crippen LogP contribution in [0.15, 0.2) is 64.0 Å². The Morgan fingerprint density at radius 3 is 2.74 bits per heavy atom. The molecule has 0 fully saturated rings. The smallest absolute Gasteiger partial charge is 0.227 e. The zero-order valence-corrected chi connectivity index (χ0v) is 18.0. The van der Waals surface area contributed by atoms with Gasteiger partial charge in [-0.15, -0.1) is 0 Å². The maximum absolute atomic E-state index is 13.4. The van der Waals surface area contributed by atoms with Gasteiger partial charge in [-0.3, -0.25) is 4.99 Å². The number of phenolic OH excluding ortho intramolecular Hbond substituents is 1. The molecule has 1 heterocycles. The number of aliphatic imine (C=N–C) groups is 1. The van der Waals surface area contributed by atoms with E-state index in [4.69, 9.17) is 4.42 Å². The Hall–Kier alpha value is -2.01. The fraction of sp³-hybridized carbons (Fsp3) is 0. The quantitative estimate of drug-likeness (QED) is 0.227. The molecular weight excluding hydrogens is 573 g/mol. The highest BCUT2D eigenvalue weighted by Crippen LogP contribution is 2.29. The molecule has 0 bridgehead atoms. The van der Waals surface area contributed by atoms with Crippen LogP contribution >= 0.6 is 45.2 Å². The first-order valence-electron chi connectivity index (χ1n) is 7.88. The first-order valence-corrected chi connectivity index (χ1v) is 10.0. The number of halogens is 3. The second-order valence-corrected chi connectivity index (χ2v) is 8.17. The van der Waals surface area contributed by atoms with Crippen LogP contribution in [-0.2, 0) is 0 Å². The van der Waals surface area contributed by atoms with E-state index in [1.54, 1.807) is 36.5 Å². The van der Waals surface area contributed by atoms with E-state index in [0.717, 1.165) is 7.14 Å². The lowest BCUT2D eigenvalue weighted by molar-refractivity contribution is 0.470. The average Bonchev–Trinajstić information content (AvgIpc) is 3.07. The number of aromatic hydroxyl groups is 1. The number of nitrogens with zero attached hydrogens (tertiary/aromatic N) is 2. The van der Waals surface area contributed by atoms with Crippen LogP contribution in [0, 0.1) is 13.0 Å². The number of oxazole rings is 1. The maximum atomic E-state index is 13.4. The van der Waals surface area contributed by atoms with Gasteiger partial charge in [0.05, 0.1) is 9.26 Å². The first-order chi connectivity index (χ1) is 13.0. The summed E-state index contributed by atoms with van der Waals surface area (Å²) in [5.74, 6) is 0.220. The Balaban J connectivity index is 1.68. The summed E-state index contributed by atoms with van der Waals surface area (Å²) in [7, 11) is 0. The largest absolute Gasteiger partial charge is 0.506 e. The summed E-state index contributed by atoms with van der Waals surface area (Å²) in [6.07, 6.45) is 1.62. The molecular formula is C20H11FI2N2O2. The molecule has 27 heavy (non-hydrogen) atoms. The molecule has 4 rings (SSSR count). The Kier molecular flexibility index (Phi) is 5.13. The van der Waals surface area contributed by atoms with Crippen LogP contribution in [0.4, 0.5) is 10.1 Å².